The van der Waals surface area contributed by atoms with Gasteiger partial charge in [-0.2, -0.15) is 0 Å². The molecule has 60 heavy (non-hydrogen) atoms. The van der Waals surface area contributed by atoms with Crippen molar-refractivity contribution in [2.75, 3.05) is 9.80 Å². The van der Waals surface area contributed by atoms with Gasteiger partial charge in [-0.3, -0.25) is 0 Å². The fourth-order valence-corrected chi connectivity index (χ4v) is 8.80. The lowest BCUT2D eigenvalue weighted by atomic mass is 9.33. The number of hydrogen-bond acceptors (Lipinski definition) is 3. The molecule has 3 nitrogen and oxygen atoms in total. The highest BCUT2D eigenvalue weighted by Crippen LogP contribution is 2.47. The number of nitrogens with zero attached hydrogens (tertiary/aromatic N) is 2. The van der Waals surface area contributed by atoms with Crippen LogP contribution in [0.2, 0.25) is 0 Å². The molecule has 0 radical (unpaired) electrons. The third-order valence-corrected chi connectivity index (χ3v) is 12.0. The summed E-state index contributed by atoms with van der Waals surface area (Å²) in [7, 11) is 0. The van der Waals surface area contributed by atoms with Gasteiger partial charge < -0.3 is 14.5 Å². The summed E-state index contributed by atoms with van der Waals surface area (Å²) in [5.74, 6) is -0.276. The zero-order chi connectivity index (χ0) is 42.3. The number of fused-ring (bicyclic) bond motifs is 4. The molecular formula is C53H48BF3N2O. The van der Waals surface area contributed by atoms with Crippen LogP contribution >= 0.6 is 0 Å². The Morgan fingerprint density at radius 2 is 0.800 bits per heavy atom. The first-order chi connectivity index (χ1) is 28.4. The molecule has 0 atom stereocenters. The summed E-state index contributed by atoms with van der Waals surface area (Å²) in [6.45, 7) is 17.0. The summed E-state index contributed by atoms with van der Waals surface area (Å²) >= 11 is 0. The van der Waals surface area contributed by atoms with Crippen LogP contribution in [0.3, 0.4) is 0 Å². The Labute approximate surface area is 352 Å². The van der Waals surface area contributed by atoms with Crippen molar-refractivity contribution in [3.63, 3.8) is 0 Å². The normalized spacial score (nSPS) is 13.5. The van der Waals surface area contributed by atoms with Crippen LogP contribution < -0.4 is 30.9 Å². The minimum atomic E-state index is -4.89. The summed E-state index contributed by atoms with van der Waals surface area (Å²) in [5.41, 5.74) is 16.8. The van der Waals surface area contributed by atoms with E-state index in [9.17, 15) is 13.2 Å². The smallest absolute Gasteiger partial charge is 0.406 e. The molecule has 7 aromatic carbocycles. The van der Waals surface area contributed by atoms with Gasteiger partial charge in [-0.05, 0) is 111 Å². The number of benzene rings is 7. The summed E-state index contributed by atoms with van der Waals surface area (Å²) in [6.07, 6.45) is -4.89. The highest BCUT2D eigenvalue weighted by molar-refractivity contribution is 7.00. The van der Waals surface area contributed by atoms with Gasteiger partial charge in [-0.25, -0.2) is 0 Å². The van der Waals surface area contributed by atoms with Crippen molar-refractivity contribution < 1.29 is 17.9 Å². The SMILES string of the molecule is Cc1ccc(N2c3ccc(-c4ccc(C(C)(C)C)cc4)cc3B3c4cc(-c5ccc(C(C)(C)C)cc5)ccc4N(c4ccc(C)cc4)c4cc(OC(F)(F)F)cc2c43)cc1. The number of rotatable bonds is 5. The summed E-state index contributed by atoms with van der Waals surface area (Å²) < 4.78 is 47.6. The zero-order valence-electron chi connectivity index (χ0n) is 35.4. The van der Waals surface area contributed by atoms with Crippen molar-refractivity contribution in [3.8, 4) is 28.0 Å². The third kappa shape index (κ3) is 7.14. The average molecular weight is 797 g/mol. The maximum absolute atomic E-state index is 14.2. The van der Waals surface area contributed by atoms with Crippen molar-refractivity contribution >= 4 is 57.2 Å². The molecule has 0 N–H and O–H groups in total. The van der Waals surface area contributed by atoms with Crippen LogP contribution in [-0.2, 0) is 10.8 Å². The molecule has 2 aliphatic rings. The van der Waals surface area contributed by atoms with Gasteiger partial charge in [0.1, 0.15) is 5.75 Å². The summed E-state index contributed by atoms with van der Waals surface area (Å²) in [4.78, 5) is 4.21. The van der Waals surface area contributed by atoms with Crippen molar-refractivity contribution in [2.45, 2.75) is 72.6 Å². The van der Waals surface area contributed by atoms with Crippen molar-refractivity contribution in [1.82, 2.24) is 0 Å². The molecule has 7 heteroatoms. The van der Waals surface area contributed by atoms with Crippen LogP contribution in [0.4, 0.5) is 47.3 Å². The van der Waals surface area contributed by atoms with E-state index < -0.39 is 6.36 Å². The van der Waals surface area contributed by atoms with Crippen LogP contribution in [0.25, 0.3) is 22.3 Å². The molecular weight excluding hydrogens is 748 g/mol. The Kier molecular flexibility index (Phi) is 9.31. The zero-order valence-corrected chi connectivity index (χ0v) is 35.4. The first-order valence-corrected chi connectivity index (χ1v) is 20.6. The van der Waals surface area contributed by atoms with E-state index in [1.54, 1.807) is 12.1 Å². The van der Waals surface area contributed by atoms with Gasteiger partial charge in [0.05, 0.1) is 0 Å². The second kappa shape index (κ2) is 14.2. The lowest BCUT2D eigenvalue weighted by Crippen LogP contribution is -2.61. The topological polar surface area (TPSA) is 15.7 Å². The molecule has 2 aliphatic heterocycles. The van der Waals surface area contributed by atoms with Crippen LogP contribution in [0, 0.1) is 13.8 Å². The third-order valence-electron chi connectivity index (χ3n) is 12.0. The average Bonchev–Trinajstić information content (AvgIpc) is 3.20. The Morgan fingerprint density at radius 1 is 0.433 bits per heavy atom. The number of halogens is 3. The molecule has 2 heterocycles. The lowest BCUT2D eigenvalue weighted by molar-refractivity contribution is -0.274. The van der Waals surface area contributed by atoms with Gasteiger partial charge in [0.25, 0.3) is 6.71 Å². The number of hydrogen-bond donors (Lipinski definition) is 0. The maximum Gasteiger partial charge on any atom is 0.573 e. The van der Waals surface area contributed by atoms with E-state index in [2.05, 4.69) is 136 Å². The fourth-order valence-electron chi connectivity index (χ4n) is 8.80. The van der Waals surface area contributed by atoms with Gasteiger partial charge in [0.15, 0.2) is 0 Å². The molecule has 0 saturated heterocycles. The van der Waals surface area contributed by atoms with E-state index in [-0.39, 0.29) is 23.3 Å². The Hall–Kier alpha value is -6.21. The molecule has 0 amide bonds. The number of aryl methyl sites for hydroxylation is 2. The monoisotopic (exact) mass is 796 g/mol. The van der Waals surface area contributed by atoms with E-state index in [1.807, 2.05) is 62.4 Å². The van der Waals surface area contributed by atoms with Gasteiger partial charge in [-0.15, -0.1) is 13.2 Å². The van der Waals surface area contributed by atoms with Gasteiger partial charge >= 0.3 is 6.36 Å². The van der Waals surface area contributed by atoms with Crippen molar-refractivity contribution in [3.05, 3.63) is 168 Å². The largest absolute Gasteiger partial charge is 0.573 e. The minimum absolute atomic E-state index is 0.0115. The van der Waals surface area contributed by atoms with Crippen LogP contribution in [0.1, 0.15) is 63.8 Å². The predicted octanol–water partition coefficient (Wildman–Crippen LogP) is 13.2. The molecule has 0 bridgehead atoms. The quantitative estimate of drug-likeness (QED) is 0.161. The number of ether oxygens (including phenoxy) is 1. The number of anilines is 6. The molecule has 0 spiro atoms. The number of alkyl halides is 3. The van der Waals surface area contributed by atoms with Crippen LogP contribution in [0.15, 0.2) is 146 Å². The first kappa shape index (κ1) is 39.3. The maximum atomic E-state index is 14.2. The molecule has 0 aromatic heterocycles. The molecule has 300 valence electrons. The van der Waals surface area contributed by atoms with Crippen LogP contribution in [-0.4, -0.2) is 13.1 Å². The second-order valence-electron chi connectivity index (χ2n) is 18.4. The first-order valence-electron chi connectivity index (χ1n) is 20.6. The van der Waals surface area contributed by atoms with E-state index in [0.717, 1.165) is 72.5 Å². The fraction of sp³-hybridized carbons (Fsp3) is 0.208. The second-order valence-corrected chi connectivity index (χ2v) is 18.4. The van der Waals surface area contributed by atoms with E-state index >= 15 is 0 Å². The minimum Gasteiger partial charge on any atom is -0.406 e. The lowest BCUT2D eigenvalue weighted by Gasteiger charge is -2.44. The highest BCUT2D eigenvalue weighted by Gasteiger charge is 2.45. The molecule has 7 aromatic rings. The van der Waals surface area contributed by atoms with Crippen LogP contribution in [0.5, 0.6) is 5.75 Å². The van der Waals surface area contributed by atoms with Crippen molar-refractivity contribution in [2.24, 2.45) is 0 Å². The van der Waals surface area contributed by atoms with Gasteiger partial charge in [-0.1, -0.05) is 150 Å². The molecule has 9 rings (SSSR count). The van der Waals surface area contributed by atoms with Gasteiger partial charge in [0, 0.05) is 46.3 Å². The van der Waals surface area contributed by atoms with E-state index in [0.29, 0.717) is 11.4 Å². The van der Waals surface area contributed by atoms with E-state index in [1.165, 1.54) is 11.1 Å². The molecule has 0 aliphatic carbocycles. The summed E-state index contributed by atoms with van der Waals surface area (Å²) in [6, 6.07) is 50.1. The predicted molar refractivity (Wildman–Crippen MR) is 245 cm³/mol. The molecule has 0 saturated carbocycles. The molecule has 0 fully saturated rings. The van der Waals surface area contributed by atoms with E-state index in [4.69, 9.17) is 4.74 Å². The molecule has 0 unspecified atom stereocenters. The Bertz CT molecular complexity index is 2560. The van der Waals surface area contributed by atoms with Crippen molar-refractivity contribution in [1.29, 1.82) is 0 Å². The highest BCUT2D eigenvalue weighted by atomic mass is 19.4. The summed E-state index contributed by atoms with van der Waals surface area (Å²) in [5, 5.41) is 0. The Morgan fingerprint density at radius 3 is 1.15 bits per heavy atom. The Balaban J connectivity index is 1.35. The van der Waals surface area contributed by atoms with Gasteiger partial charge in [0.2, 0.25) is 0 Å². The standard InChI is InChI=1S/C53H48BF3N2O/c1-33-9-23-41(24-10-33)58-46-27-17-37(35-13-19-39(20-14-35)51(3,4)5)29-44(46)54-45-30-38(36-15-21-40(22-16-36)52(6,7)8)18-28-47(45)59(42-25-11-34(2)12-26-42)49-32-43(60-53(55,56)57)31-48(58)50(49)54/h9-32H,1-8H3.